The quantitative estimate of drug-likeness (QED) is 0.901. The highest BCUT2D eigenvalue weighted by atomic mass is 35.5. The summed E-state index contributed by atoms with van der Waals surface area (Å²) >= 11 is 5.84. The lowest BCUT2D eigenvalue weighted by atomic mass is 9.91. The number of carbonyl (C=O) groups is 2. The lowest BCUT2D eigenvalue weighted by molar-refractivity contribution is -0.143. The fraction of sp³-hybridized carbons (Fsp3) is 0.462. The molecule has 6 heteroatoms. The molecule has 0 aliphatic carbocycles. The first-order valence-electron chi connectivity index (χ1n) is 6.14. The third kappa shape index (κ3) is 3.04. The normalized spacial score (nSPS) is 23.2. The van der Waals surface area contributed by atoms with Gasteiger partial charge >= 0.3 is 5.97 Å². The molecule has 5 nitrogen and oxygen atoms in total. The Hall–Kier alpha value is -1.62. The second kappa shape index (κ2) is 5.57. The molecule has 102 valence electrons. The summed E-state index contributed by atoms with van der Waals surface area (Å²) in [4.78, 5) is 28.9. The van der Waals surface area contributed by atoms with E-state index in [1.165, 1.54) is 12.3 Å². The maximum Gasteiger partial charge on any atom is 0.306 e. The van der Waals surface area contributed by atoms with Gasteiger partial charge in [0.1, 0.15) is 5.69 Å². The molecule has 19 heavy (non-hydrogen) atoms. The fourth-order valence-corrected chi connectivity index (χ4v) is 2.53. The van der Waals surface area contributed by atoms with Crippen LogP contribution in [0.3, 0.4) is 0 Å². The number of carboxylic acids is 1. The van der Waals surface area contributed by atoms with Crippen molar-refractivity contribution in [2.24, 2.45) is 5.92 Å². The number of rotatable bonds is 2. The largest absolute Gasteiger partial charge is 0.481 e. The number of hydrogen-bond acceptors (Lipinski definition) is 3. The van der Waals surface area contributed by atoms with Gasteiger partial charge in [-0.05, 0) is 31.9 Å². The second-order valence-corrected chi connectivity index (χ2v) is 5.20. The molecule has 1 saturated heterocycles. The average molecular weight is 283 g/mol. The van der Waals surface area contributed by atoms with E-state index in [0.717, 1.165) is 0 Å². The third-order valence-electron chi connectivity index (χ3n) is 3.43. The highest BCUT2D eigenvalue weighted by Gasteiger charge is 2.32. The predicted octanol–water partition coefficient (Wildman–Crippen LogP) is 2.06. The van der Waals surface area contributed by atoms with Gasteiger partial charge in [0.05, 0.1) is 5.92 Å². The van der Waals surface area contributed by atoms with E-state index in [4.69, 9.17) is 16.7 Å². The number of aliphatic carboxylic acids is 1. The molecule has 2 atom stereocenters. The van der Waals surface area contributed by atoms with Crippen LogP contribution in [0.15, 0.2) is 18.3 Å². The minimum atomic E-state index is -0.792. The number of piperidine rings is 1. The van der Waals surface area contributed by atoms with Crippen molar-refractivity contribution in [2.75, 3.05) is 6.54 Å². The van der Waals surface area contributed by atoms with Crippen LogP contribution in [0.4, 0.5) is 0 Å². The van der Waals surface area contributed by atoms with E-state index in [0.29, 0.717) is 30.1 Å². The van der Waals surface area contributed by atoms with Crippen LogP contribution in [0, 0.1) is 5.92 Å². The smallest absolute Gasteiger partial charge is 0.306 e. The molecule has 2 rings (SSSR count). The standard InChI is InChI=1S/C13H15ClN2O3/c1-8-6-9(13(18)19)3-5-16(8)12(17)11-7-10(14)2-4-15-11/h2,4,7-9H,3,5-6H2,1H3,(H,18,19). The van der Waals surface area contributed by atoms with Crippen LogP contribution in [0.1, 0.15) is 30.3 Å². The van der Waals surface area contributed by atoms with Gasteiger partial charge in [0, 0.05) is 23.8 Å². The lowest BCUT2D eigenvalue weighted by Gasteiger charge is -2.36. The zero-order chi connectivity index (χ0) is 14.0. The monoisotopic (exact) mass is 282 g/mol. The molecule has 1 fully saturated rings. The van der Waals surface area contributed by atoms with Gasteiger partial charge in [0.15, 0.2) is 0 Å². The summed E-state index contributed by atoms with van der Waals surface area (Å²) in [5.41, 5.74) is 0.299. The Kier molecular flexibility index (Phi) is 4.04. The lowest BCUT2D eigenvalue weighted by Crippen LogP contribution is -2.46. The maximum absolute atomic E-state index is 12.3. The number of amides is 1. The summed E-state index contributed by atoms with van der Waals surface area (Å²) in [5.74, 6) is -1.36. The summed E-state index contributed by atoms with van der Waals surface area (Å²) in [6.45, 7) is 2.29. The topological polar surface area (TPSA) is 70.5 Å². The van der Waals surface area contributed by atoms with Gasteiger partial charge in [-0.2, -0.15) is 0 Å². The van der Waals surface area contributed by atoms with Crippen molar-refractivity contribution in [1.82, 2.24) is 9.88 Å². The van der Waals surface area contributed by atoms with Gasteiger partial charge in [-0.25, -0.2) is 0 Å². The molecule has 1 aliphatic rings. The van der Waals surface area contributed by atoms with Crippen molar-refractivity contribution in [2.45, 2.75) is 25.8 Å². The summed E-state index contributed by atoms with van der Waals surface area (Å²) < 4.78 is 0. The van der Waals surface area contributed by atoms with Crippen LogP contribution in [0.25, 0.3) is 0 Å². The average Bonchev–Trinajstić information content (AvgIpc) is 2.37. The number of likely N-dealkylation sites (tertiary alicyclic amines) is 1. The Morgan fingerprint density at radius 1 is 1.53 bits per heavy atom. The molecule has 0 aromatic carbocycles. The molecule has 1 aromatic rings. The minimum Gasteiger partial charge on any atom is -0.481 e. The van der Waals surface area contributed by atoms with Gasteiger partial charge in [-0.3, -0.25) is 14.6 Å². The van der Waals surface area contributed by atoms with E-state index in [1.807, 2.05) is 6.92 Å². The molecule has 1 amide bonds. The molecule has 2 heterocycles. The molecule has 0 radical (unpaired) electrons. The van der Waals surface area contributed by atoms with E-state index in [2.05, 4.69) is 4.98 Å². The Balaban J connectivity index is 2.11. The van der Waals surface area contributed by atoms with Crippen molar-refractivity contribution >= 4 is 23.5 Å². The Labute approximate surface area is 116 Å². The van der Waals surface area contributed by atoms with Crippen molar-refractivity contribution in [3.05, 3.63) is 29.0 Å². The van der Waals surface area contributed by atoms with Crippen LogP contribution >= 0.6 is 11.6 Å². The van der Waals surface area contributed by atoms with Gasteiger partial charge in [-0.1, -0.05) is 11.6 Å². The number of halogens is 1. The highest BCUT2D eigenvalue weighted by Crippen LogP contribution is 2.24. The van der Waals surface area contributed by atoms with E-state index < -0.39 is 5.97 Å². The third-order valence-corrected chi connectivity index (χ3v) is 3.66. The van der Waals surface area contributed by atoms with Gasteiger partial charge in [0.25, 0.3) is 5.91 Å². The Morgan fingerprint density at radius 2 is 2.26 bits per heavy atom. The summed E-state index contributed by atoms with van der Waals surface area (Å²) in [7, 11) is 0. The molecule has 1 aliphatic heterocycles. The van der Waals surface area contributed by atoms with E-state index in [-0.39, 0.29) is 17.9 Å². The molecule has 0 spiro atoms. The number of carboxylic acid groups (broad SMARTS) is 1. The SMILES string of the molecule is CC1CC(C(=O)O)CCN1C(=O)c1cc(Cl)ccn1. The predicted molar refractivity (Wildman–Crippen MR) is 70.1 cm³/mol. The van der Waals surface area contributed by atoms with Gasteiger partial charge in [-0.15, -0.1) is 0 Å². The maximum atomic E-state index is 12.3. The molecule has 0 bridgehead atoms. The van der Waals surface area contributed by atoms with E-state index in [1.54, 1.807) is 11.0 Å². The number of aromatic nitrogens is 1. The molecule has 0 saturated carbocycles. The van der Waals surface area contributed by atoms with E-state index in [9.17, 15) is 9.59 Å². The summed E-state index contributed by atoms with van der Waals surface area (Å²) in [6.07, 6.45) is 2.44. The second-order valence-electron chi connectivity index (χ2n) is 4.77. The van der Waals surface area contributed by atoms with Crippen molar-refractivity contribution in [3.8, 4) is 0 Å². The Bertz CT molecular complexity index is 506. The molecule has 2 unspecified atom stereocenters. The first kappa shape index (κ1) is 13.8. The highest BCUT2D eigenvalue weighted by molar-refractivity contribution is 6.30. The van der Waals surface area contributed by atoms with Gasteiger partial charge in [0.2, 0.25) is 0 Å². The first-order valence-corrected chi connectivity index (χ1v) is 6.52. The molecule has 1 aromatic heterocycles. The zero-order valence-electron chi connectivity index (χ0n) is 10.5. The van der Waals surface area contributed by atoms with Crippen LogP contribution in [0.5, 0.6) is 0 Å². The van der Waals surface area contributed by atoms with Crippen LogP contribution in [-0.4, -0.2) is 39.5 Å². The van der Waals surface area contributed by atoms with Crippen LogP contribution < -0.4 is 0 Å². The number of hydrogen-bond donors (Lipinski definition) is 1. The Morgan fingerprint density at radius 3 is 2.84 bits per heavy atom. The first-order chi connectivity index (χ1) is 8.99. The van der Waals surface area contributed by atoms with Crippen molar-refractivity contribution < 1.29 is 14.7 Å². The minimum absolute atomic E-state index is 0.108. The van der Waals surface area contributed by atoms with Crippen molar-refractivity contribution in [1.29, 1.82) is 0 Å². The molecular formula is C13H15ClN2O3. The number of carbonyl (C=O) groups excluding carboxylic acids is 1. The zero-order valence-corrected chi connectivity index (χ0v) is 11.3. The van der Waals surface area contributed by atoms with Crippen LogP contribution in [-0.2, 0) is 4.79 Å². The number of pyridine rings is 1. The summed E-state index contributed by atoms with van der Waals surface area (Å²) in [6, 6.07) is 3.03. The molecule has 1 N–H and O–H groups in total. The fourth-order valence-electron chi connectivity index (χ4n) is 2.37. The van der Waals surface area contributed by atoms with Crippen molar-refractivity contribution in [3.63, 3.8) is 0 Å². The summed E-state index contributed by atoms with van der Waals surface area (Å²) in [5, 5.41) is 9.47. The van der Waals surface area contributed by atoms with Crippen LogP contribution in [0.2, 0.25) is 5.02 Å². The van der Waals surface area contributed by atoms with E-state index >= 15 is 0 Å². The number of nitrogens with zero attached hydrogens (tertiary/aromatic N) is 2. The van der Waals surface area contributed by atoms with Gasteiger partial charge < -0.3 is 10.0 Å². The molecular weight excluding hydrogens is 268 g/mol.